The minimum absolute atomic E-state index is 0.0457. The van der Waals surface area contributed by atoms with E-state index in [1.807, 2.05) is 6.92 Å². The van der Waals surface area contributed by atoms with Crippen LogP contribution in [0.2, 0.25) is 0 Å². The summed E-state index contributed by atoms with van der Waals surface area (Å²) in [6, 6.07) is 3.39. The fourth-order valence-electron chi connectivity index (χ4n) is 1.78. The van der Waals surface area contributed by atoms with Crippen LogP contribution in [0.5, 0.6) is 11.5 Å². The van der Waals surface area contributed by atoms with Crippen molar-refractivity contribution < 1.29 is 9.84 Å². The number of aryl methyl sites for hydroxylation is 1. The van der Waals surface area contributed by atoms with Gasteiger partial charge in [-0.1, -0.05) is 0 Å². The van der Waals surface area contributed by atoms with Crippen molar-refractivity contribution in [2.75, 3.05) is 6.61 Å². The van der Waals surface area contributed by atoms with E-state index in [0.29, 0.717) is 6.61 Å². The Hall–Kier alpha value is -1.22. The molecule has 1 aromatic carbocycles. The number of rotatable bonds is 0. The van der Waals surface area contributed by atoms with E-state index < -0.39 is 0 Å². The maximum Gasteiger partial charge on any atom is 0.128 e. The number of fused-ring (bicyclic) bond motifs is 1. The molecule has 3 N–H and O–H groups in total. The molecule has 0 saturated heterocycles. The number of aromatic hydroxyl groups is 1. The zero-order valence-electron chi connectivity index (χ0n) is 7.58. The van der Waals surface area contributed by atoms with Crippen molar-refractivity contribution in [3.8, 4) is 11.5 Å². The molecule has 0 radical (unpaired) electrons. The molecule has 0 fully saturated rings. The number of hydrogen-bond donors (Lipinski definition) is 2. The lowest BCUT2D eigenvalue weighted by Crippen LogP contribution is -2.21. The second kappa shape index (κ2) is 2.92. The predicted octanol–water partition coefficient (Wildman–Crippen LogP) is 1.48. The van der Waals surface area contributed by atoms with Gasteiger partial charge in [-0.3, -0.25) is 0 Å². The van der Waals surface area contributed by atoms with E-state index in [1.165, 1.54) is 0 Å². The highest BCUT2D eigenvalue weighted by Crippen LogP contribution is 2.35. The molecule has 1 aliphatic heterocycles. The Labute approximate surface area is 77.1 Å². The summed E-state index contributed by atoms with van der Waals surface area (Å²) in [7, 11) is 0. The molecule has 2 rings (SSSR count). The highest BCUT2D eigenvalue weighted by Gasteiger charge is 2.20. The topological polar surface area (TPSA) is 55.5 Å². The second-order valence-electron chi connectivity index (χ2n) is 3.42. The lowest BCUT2D eigenvalue weighted by atomic mass is 9.96. The third-order valence-electron chi connectivity index (χ3n) is 2.39. The van der Waals surface area contributed by atoms with Crippen LogP contribution in [-0.4, -0.2) is 11.7 Å². The summed E-state index contributed by atoms with van der Waals surface area (Å²) in [6.07, 6.45) is 0.846. The highest BCUT2D eigenvalue weighted by molar-refractivity contribution is 5.48. The van der Waals surface area contributed by atoms with Gasteiger partial charge in [0.2, 0.25) is 0 Å². The second-order valence-corrected chi connectivity index (χ2v) is 3.42. The average molecular weight is 179 g/mol. The number of nitrogens with two attached hydrogens (primary N) is 1. The third-order valence-corrected chi connectivity index (χ3v) is 2.39. The van der Waals surface area contributed by atoms with E-state index in [0.717, 1.165) is 23.3 Å². The van der Waals surface area contributed by atoms with E-state index in [2.05, 4.69) is 0 Å². The molecular weight excluding hydrogens is 166 g/mol. The van der Waals surface area contributed by atoms with Crippen molar-refractivity contribution in [2.45, 2.75) is 19.4 Å². The molecule has 0 aliphatic carbocycles. The summed E-state index contributed by atoms with van der Waals surface area (Å²) < 4.78 is 5.42. The van der Waals surface area contributed by atoms with Crippen molar-refractivity contribution in [1.29, 1.82) is 0 Å². The Morgan fingerprint density at radius 2 is 2.31 bits per heavy atom. The first-order valence-electron chi connectivity index (χ1n) is 4.40. The maximum atomic E-state index is 9.33. The zero-order chi connectivity index (χ0) is 9.42. The van der Waals surface area contributed by atoms with Crippen LogP contribution in [-0.2, 0) is 0 Å². The highest BCUT2D eigenvalue weighted by atomic mass is 16.5. The molecule has 0 spiro atoms. The molecule has 0 aromatic heterocycles. The van der Waals surface area contributed by atoms with Gasteiger partial charge < -0.3 is 15.6 Å². The number of phenols is 1. The average Bonchev–Trinajstić information content (AvgIpc) is 2.02. The van der Waals surface area contributed by atoms with Crippen LogP contribution in [0.3, 0.4) is 0 Å². The standard InChI is InChI=1S/C10H13NO2/c1-6-4-7(12)5-9-10(6)8(11)2-3-13-9/h4-5,8,12H,2-3,11H2,1H3. The van der Waals surface area contributed by atoms with E-state index in [1.54, 1.807) is 12.1 Å². The molecule has 70 valence electrons. The molecule has 13 heavy (non-hydrogen) atoms. The normalized spacial score (nSPS) is 20.6. The van der Waals surface area contributed by atoms with Crippen LogP contribution >= 0.6 is 0 Å². The predicted molar refractivity (Wildman–Crippen MR) is 49.9 cm³/mol. The third kappa shape index (κ3) is 1.35. The number of phenolic OH excluding ortho intramolecular Hbond substituents is 1. The summed E-state index contributed by atoms with van der Waals surface area (Å²) in [5, 5.41) is 9.33. The van der Waals surface area contributed by atoms with E-state index >= 15 is 0 Å². The molecule has 0 bridgehead atoms. The SMILES string of the molecule is Cc1cc(O)cc2c1C(N)CCO2. The van der Waals surface area contributed by atoms with Crippen LogP contribution in [0, 0.1) is 6.92 Å². The quantitative estimate of drug-likeness (QED) is 0.634. The van der Waals surface area contributed by atoms with Gasteiger partial charge in [0.15, 0.2) is 0 Å². The van der Waals surface area contributed by atoms with E-state index in [9.17, 15) is 5.11 Å². The minimum Gasteiger partial charge on any atom is -0.508 e. The molecular formula is C10H13NO2. The summed E-state index contributed by atoms with van der Waals surface area (Å²) in [5.74, 6) is 0.974. The smallest absolute Gasteiger partial charge is 0.128 e. The van der Waals surface area contributed by atoms with Gasteiger partial charge in [0, 0.05) is 24.1 Å². The van der Waals surface area contributed by atoms with Crippen LogP contribution in [0.15, 0.2) is 12.1 Å². The minimum atomic E-state index is 0.0457. The van der Waals surface area contributed by atoms with Crippen LogP contribution in [0.1, 0.15) is 23.6 Å². The Balaban J connectivity index is 2.56. The van der Waals surface area contributed by atoms with Gasteiger partial charge in [-0.2, -0.15) is 0 Å². The Bertz CT molecular complexity index is 336. The van der Waals surface area contributed by atoms with Gasteiger partial charge in [0.25, 0.3) is 0 Å². The number of ether oxygens (including phenoxy) is 1. The number of benzene rings is 1. The molecule has 0 saturated carbocycles. The fraction of sp³-hybridized carbons (Fsp3) is 0.400. The van der Waals surface area contributed by atoms with Crippen molar-refractivity contribution >= 4 is 0 Å². The monoisotopic (exact) mass is 179 g/mol. The summed E-state index contributed by atoms with van der Waals surface area (Å²) in [4.78, 5) is 0. The first-order chi connectivity index (χ1) is 6.18. The molecule has 3 nitrogen and oxygen atoms in total. The molecule has 1 unspecified atom stereocenters. The summed E-state index contributed by atoms with van der Waals surface area (Å²) in [6.45, 7) is 2.57. The first kappa shape index (κ1) is 8.38. The van der Waals surface area contributed by atoms with E-state index in [-0.39, 0.29) is 11.8 Å². The largest absolute Gasteiger partial charge is 0.508 e. The lowest BCUT2D eigenvalue weighted by molar-refractivity contribution is 0.267. The summed E-state index contributed by atoms with van der Waals surface area (Å²) in [5.41, 5.74) is 7.97. The zero-order valence-corrected chi connectivity index (χ0v) is 7.58. The van der Waals surface area contributed by atoms with Crippen molar-refractivity contribution in [3.05, 3.63) is 23.3 Å². The van der Waals surface area contributed by atoms with Crippen molar-refractivity contribution in [1.82, 2.24) is 0 Å². The Kier molecular flexibility index (Phi) is 1.88. The Morgan fingerprint density at radius 3 is 3.08 bits per heavy atom. The van der Waals surface area contributed by atoms with Crippen LogP contribution in [0.25, 0.3) is 0 Å². The van der Waals surface area contributed by atoms with Gasteiger partial charge in [0.05, 0.1) is 6.61 Å². The van der Waals surface area contributed by atoms with Crippen LogP contribution < -0.4 is 10.5 Å². The Morgan fingerprint density at radius 1 is 1.54 bits per heavy atom. The van der Waals surface area contributed by atoms with Crippen molar-refractivity contribution in [3.63, 3.8) is 0 Å². The van der Waals surface area contributed by atoms with Crippen molar-refractivity contribution in [2.24, 2.45) is 5.73 Å². The number of hydrogen-bond acceptors (Lipinski definition) is 3. The first-order valence-corrected chi connectivity index (χ1v) is 4.40. The van der Waals surface area contributed by atoms with Gasteiger partial charge in [0.1, 0.15) is 11.5 Å². The maximum absolute atomic E-state index is 9.33. The van der Waals surface area contributed by atoms with Gasteiger partial charge in [-0.15, -0.1) is 0 Å². The lowest BCUT2D eigenvalue weighted by Gasteiger charge is -2.24. The fourth-order valence-corrected chi connectivity index (χ4v) is 1.78. The molecule has 1 heterocycles. The van der Waals surface area contributed by atoms with Gasteiger partial charge in [-0.25, -0.2) is 0 Å². The molecule has 3 heteroatoms. The molecule has 1 atom stereocenters. The molecule has 1 aromatic rings. The van der Waals surface area contributed by atoms with Gasteiger partial charge >= 0.3 is 0 Å². The van der Waals surface area contributed by atoms with E-state index in [4.69, 9.17) is 10.5 Å². The summed E-state index contributed by atoms with van der Waals surface area (Å²) >= 11 is 0. The van der Waals surface area contributed by atoms with Crippen LogP contribution in [0.4, 0.5) is 0 Å². The molecule has 0 amide bonds. The molecule has 1 aliphatic rings. The van der Waals surface area contributed by atoms with Gasteiger partial charge in [-0.05, 0) is 18.6 Å².